The van der Waals surface area contributed by atoms with E-state index in [-0.39, 0.29) is 5.69 Å². The Morgan fingerprint density at radius 3 is 2.23 bits per heavy atom. The highest BCUT2D eigenvalue weighted by Gasteiger charge is 2.52. The van der Waals surface area contributed by atoms with E-state index < -0.39 is 24.3 Å². The van der Waals surface area contributed by atoms with Crippen molar-refractivity contribution in [1.82, 2.24) is 4.98 Å². The van der Waals surface area contributed by atoms with E-state index in [4.69, 9.17) is 14.0 Å². The molecule has 0 aliphatic carbocycles. The second-order valence-electron chi connectivity index (χ2n) is 6.94. The third kappa shape index (κ3) is 2.90. The van der Waals surface area contributed by atoms with Crippen molar-refractivity contribution in [2.45, 2.75) is 58.7 Å². The first-order valence-electron chi connectivity index (χ1n) is 7.53. The Hall–Kier alpha value is -1.40. The van der Waals surface area contributed by atoms with Crippen molar-refractivity contribution < 1.29 is 18.8 Å². The van der Waals surface area contributed by atoms with Crippen molar-refractivity contribution in [3.63, 3.8) is 0 Å². The topological polar surface area (TPSA) is 57.7 Å². The molecule has 1 aliphatic heterocycles. The largest absolute Gasteiger partial charge is 0.497 e. The van der Waals surface area contributed by atoms with E-state index in [0.29, 0.717) is 11.4 Å². The number of carbonyl (C=O) groups is 1. The third-order valence-electron chi connectivity index (χ3n) is 4.49. The van der Waals surface area contributed by atoms with Crippen LogP contribution >= 0.6 is 0 Å². The van der Waals surface area contributed by atoms with Crippen molar-refractivity contribution >= 4 is 18.6 Å². The van der Waals surface area contributed by atoms with Crippen LogP contribution in [0.1, 0.15) is 63.5 Å². The fourth-order valence-corrected chi connectivity index (χ4v) is 2.23. The van der Waals surface area contributed by atoms with E-state index in [1.807, 2.05) is 33.8 Å². The van der Waals surface area contributed by atoms with Crippen molar-refractivity contribution in [2.24, 2.45) is 0 Å². The molecule has 0 radical (unpaired) electrons. The molecular formula is C16H24BNO4. The lowest BCUT2D eigenvalue weighted by atomic mass is 9.76. The summed E-state index contributed by atoms with van der Waals surface area (Å²) in [6.45, 7) is 12.1. The van der Waals surface area contributed by atoms with Gasteiger partial charge in [0.15, 0.2) is 0 Å². The third-order valence-corrected chi connectivity index (χ3v) is 4.49. The van der Waals surface area contributed by atoms with Crippen molar-refractivity contribution in [1.29, 1.82) is 0 Å². The van der Waals surface area contributed by atoms with Crippen LogP contribution in [0.2, 0.25) is 0 Å². The van der Waals surface area contributed by atoms with Gasteiger partial charge in [-0.05, 0) is 39.2 Å². The molecule has 0 N–H and O–H groups in total. The zero-order valence-electron chi connectivity index (χ0n) is 14.4. The lowest BCUT2D eigenvalue weighted by Gasteiger charge is -2.32. The van der Waals surface area contributed by atoms with Gasteiger partial charge >= 0.3 is 13.1 Å². The van der Waals surface area contributed by atoms with Crippen LogP contribution in [0.25, 0.3) is 0 Å². The Morgan fingerprint density at radius 2 is 1.77 bits per heavy atom. The number of ether oxygens (including phenoxy) is 1. The maximum atomic E-state index is 12.0. The molecule has 5 nitrogen and oxygen atoms in total. The molecule has 2 heterocycles. The van der Waals surface area contributed by atoms with Gasteiger partial charge in [-0.3, -0.25) is 0 Å². The van der Waals surface area contributed by atoms with E-state index in [1.54, 1.807) is 6.20 Å². The number of aromatic nitrogens is 1. The number of esters is 1. The highest BCUT2D eigenvalue weighted by atomic mass is 16.7. The average Bonchev–Trinajstić information content (AvgIpc) is 2.65. The van der Waals surface area contributed by atoms with Gasteiger partial charge in [0.25, 0.3) is 0 Å². The Morgan fingerprint density at radius 1 is 1.23 bits per heavy atom. The number of nitrogens with zero attached hydrogens (tertiary/aromatic N) is 1. The monoisotopic (exact) mass is 305 g/mol. The number of hydrogen-bond donors (Lipinski definition) is 0. The van der Waals surface area contributed by atoms with Gasteiger partial charge in [0.2, 0.25) is 0 Å². The predicted molar refractivity (Wildman–Crippen MR) is 85.4 cm³/mol. The molecule has 0 amide bonds. The molecule has 0 saturated carbocycles. The van der Waals surface area contributed by atoms with Gasteiger partial charge in [-0.15, -0.1) is 0 Å². The summed E-state index contributed by atoms with van der Waals surface area (Å²) in [5, 5.41) is 0. The van der Waals surface area contributed by atoms with Crippen molar-refractivity contribution in [3.05, 3.63) is 23.5 Å². The van der Waals surface area contributed by atoms with Gasteiger partial charge in [-0.2, -0.15) is 0 Å². The first-order chi connectivity index (χ1) is 10.1. The summed E-state index contributed by atoms with van der Waals surface area (Å²) in [6, 6.07) is 1.92. The summed E-state index contributed by atoms with van der Waals surface area (Å²) in [7, 11) is 0.708. The molecule has 1 fully saturated rings. The Bertz CT molecular complexity index is 568. The van der Waals surface area contributed by atoms with E-state index in [2.05, 4.69) is 18.8 Å². The first kappa shape index (κ1) is 17.0. The predicted octanol–water partition coefficient (Wildman–Crippen LogP) is 2.29. The van der Waals surface area contributed by atoms with Crippen LogP contribution in [0.4, 0.5) is 0 Å². The lowest BCUT2D eigenvalue weighted by molar-refractivity contribution is 0.00578. The highest BCUT2D eigenvalue weighted by molar-refractivity contribution is 6.63. The van der Waals surface area contributed by atoms with Gasteiger partial charge in [-0.25, -0.2) is 9.78 Å². The summed E-state index contributed by atoms with van der Waals surface area (Å²) >= 11 is 0. The van der Waals surface area contributed by atoms with Gasteiger partial charge in [0.1, 0.15) is 5.69 Å². The Kier molecular flexibility index (Phi) is 4.37. The molecule has 22 heavy (non-hydrogen) atoms. The van der Waals surface area contributed by atoms with Crippen LogP contribution in [-0.4, -0.2) is 36.4 Å². The number of rotatable bonds is 3. The molecule has 0 aromatic carbocycles. The maximum absolute atomic E-state index is 12.0. The summed E-state index contributed by atoms with van der Waals surface area (Å²) in [6.07, 6.45) is 1.70. The summed E-state index contributed by atoms with van der Waals surface area (Å²) in [5.74, 6) is -0.194. The first-order valence-corrected chi connectivity index (χ1v) is 7.53. The maximum Gasteiger partial charge on any atom is 0.497 e. The summed E-state index contributed by atoms with van der Waals surface area (Å²) < 4.78 is 16.9. The SMILES string of the molecule is COC(=O)c1ncc(C(C)C)cc1B1OC(C)(C)C(C)(C)O1. The average molecular weight is 305 g/mol. The zero-order chi connectivity index (χ0) is 16.7. The minimum Gasteiger partial charge on any atom is -0.464 e. The second-order valence-corrected chi connectivity index (χ2v) is 6.94. The smallest absolute Gasteiger partial charge is 0.464 e. The molecule has 2 rings (SSSR count). The normalized spacial score (nSPS) is 19.5. The number of methoxy groups -OCH3 is 1. The minimum absolute atomic E-state index is 0.241. The van der Waals surface area contributed by atoms with Gasteiger partial charge < -0.3 is 14.0 Å². The van der Waals surface area contributed by atoms with Gasteiger partial charge in [0, 0.05) is 11.7 Å². The van der Waals surface area contributed by atoms with E-state index in [9.17, 15) is 4.79 Å². The lowest BCUT2D eigenvalue weighted by Crippen LogP contribution is -2.41. The molecule has 120 valence electrons. The molecule has 6 heteroatoms. The minimum atomic E-state index is -0.634. The molecule has 1 aromatic heterocycles. The fourth-order valence-electron chi connectivity index (χ4n) is 2.23. The molecule has 0 spiro atoms. The van der Waals surface area contributed by atoms with Crippen molar-refractivity contribution in [3.8, 4) is 0 Å². The van der Waals surface area contributed by atoms with Crippen LogP contribution in [0.3, 0.4) is 0 Å². The summed E-state index contributed by atoms with van der Waals surface area (Å²) in [5.41, 5.74) is 0.942. The zero-order valence-corrected chi connectivity index (χ0v) is 14.4. The van der Waals surface area contributed by atoms with E-state index in [0.717, 1.165) is 5.56 Å². The van der Waals surface area contributed by atoms with E-state index in [1.165, 1.54) is 7.11 Å². The molecule has 0 atom stereocenters. The number of hydrogen-bond acceptors (Lipinski definition) is 5. The second kappa shape index (κ2) is 5.67. The Labute approximate surface area is 132 Å². The molecule has 1 saturated heterocycles. The van der Waals surface area contributed by atoms with Crippen LogP contribution in [-0.2, 0) is 14.0 Å². The molecule has 1 aromatic rings. The molecule has 1 aliphatic rings. The van der Waals surface area contributed by atoms with Crippen LogP contribution in [0.5, 0.6) is 0 Å². The fraction of sp³-hybridized carbons (Fsp3) is 0.625. The van der Waals surface area contributed by atoms with Crippen LogP contribution < -0.4 is 5.46 Å². The van der Waals surface area contributed by atoms with Gasteiger partial charge in [-0.1, -0.05) is 19.9 Å². The highest BCUT2D eigenvalue weighted by Crippen LogP contribution is 2.36. The van der Waals surface area contributed by atoms with Gasteiger partial charge in [0.05, 0.1) is 18.3 Å². The molecule has 0 bridgehead atoms. The van der Waals surface area contributed by atoms with Crippen molar-refractivity contribution in [2.75, 3.05) is 7.11 Å². The Balaban J connectivity index is 2.49. The summed E-state index contributed by atoms with van der Waals surface area (Å²) in [4.78, 5) is 16.3. The van der Waals surface area contributed by atoms with Crippen LogP contribution in [0, 0.1) is 0 Å². The molecular weight excluding hydrogens is 281 g/mol. The number of carbonyl (C=O) groups excluding carboxylic acids is 1. The van der Waals surface area contributed by atoms with Crippen LogP contribution in [0.15, 0.2) is 12.3 Å². The quantitative estimate of drug-likeness (QED) is 0.633. The molecule has 0 unspecified atom stereocenters. The standard InChI is InChI=1S/C16H24BNO4/c1-10(2)11-8-12(13(18-9-11)14(19)20-7)17-21-15(3,4)16(5,6)22-17/h8-10H,1-7H3. The van der Waals surface area contributed by atoms with E-state index >= 15 is 0 Å². The number of pyridine rings is 1.